The molecule has 2 unspecified atom stereocenters. The summed E-state index contributed by atoms with van der Waals surface area (Å²) in [6.07, 6.45) is 5.45. The molecule has 8 atom stereocenters. The largest absolute Gasteiger partial charge is 0.390 e. The number of ketones is 2. The van der Waals surface area contributed by atoms with E-state index in [4.69, 9.17) is 0 Å². The van der Waals surface area contributed by atoms with Gasteiger partial charge < -0.3 is 10.2 Å². The maximum Gasteiger partial charge on any atom is 0.178 e. The highest BCUT2D eigenvalue weighted by Crippen LogP contribution is 2.72. The molecule has 3 saturated carbocycles. The number of aliphatic hydroxyl groups is 2. The normalized spacial score (nSPS) is 52.5. The van der Waals surface area contributed by atoms with Gasteiger partial charge >= 0.3 is 0 Å². The molecule has 0 heterocycles. The number of carbonyl (C=O) groups is 2. The third-order valence-corrected chi connectivity index (χ3v) is 9.53. The molecule has 4 aliphatic rings. The van der Waals surface area contributed by atoms with Crippen LogP contribution in [-0.2, 0) is 9.59 Å². The summed E-state index contributed by atoms with van der Waals surface area (Å²) in [4.78, 5) is 24.7. The van der Waals surface area contributed by atoms with Crippen molar-refractivity contribution >= 4 is 11.6 Å². The number of hydrogen-bond acceptors (Lipinski definition) is 4. The predicted molar refractivity (Wildman–Crippen MR) is 103 cm³/mol. The van der Waals surface area contributed by atoms with Crippen molar-refractivity contribution in [1.29, 1.82) is 0 Å². The second kappa shape index (κ2) is 5.85. The van der Waals surface area contributed by atoms with Crippen molar-refractivity contribution in [2.45, 2.75) is 65.2 Å². The van der Waals surface area contributed by atoms with E-state index in [2.05, 4.69) is 0 Å². The van der Waals surface area contributed by atoms with E-state index in [1.165, 1.54) is 12.2 Å². The van der Waals surface area contributed by atoms with E-state index < -0.39 is 40.5 Å². The molecule has 3 fully saturated rings. The summed E-state index contributed by atoms with van der Waals surface area (Å²) in [5.74, 6) is -0.780. The van der Waals surface area contributed by atoms with Gasteiger partial charge in [-0.2, -0.15) is 0 Å². The molecule has 28 heavy (non-hydrogen) atoms. The minimum atomic E-state index is -1.87. The molecular weight excluding hydrogens is 359 g/mol. The first kappa shape index (κ1) is 20.0. The Morgan fingerprint density at radius 3 is 2.61 bits per heavy atom. The molecule has 0 aromatic heterocycles. The molecule has 4 aliphatic carbocycles. The Bertz CT molecular complexity index is 802. The average Bonchev–Trinajstić information content (AvgIpc) is 2.84. The molecule has 4 nitrogen and oxygen atoms in total. The van der Waals surface area contributed by atoms with Crippen LogP contribution in [0.25, 0.3) is 0 Å². The van der Waals surface area contributed by atoms with Crippen LogP contribution in [0, 0.1) is 34.0 Å². The Hall–Kier alpha value is -1.33. The van der Waals surface area contributed by atoms with Gasteiger partial charge in [0, 0.05) is 16.7 Å². The molecule has 154 valence electrons. The van der Waals surface area contributed by atoms with Crippen molar-refractivity contribution in [2.75, 3.05) is 6.61 Å². The second-order valence-electron chi connectivity index (χ2n) is 10.2. The molecule has 0 bridgehead atoms. The Labute approximate surface area is 165 Å². The van der Waals surface area contributed by atoms with Crippen LogP contribution in [0.1, 0.15) is 53.4 Å². The molecule has 5 heteroatoms. The maximum atomic E-state index is 16.9. The molecule has 0 aromatic carbocycles. The lowest BCUT2D eigenvalue weighted by Crippen LogP contribution is -2.67. The third kappa shape index (κ3) is 2.02. The highest BCUT2D eigenvalue weighted by molar-refractivity contribution is 6.01. The minimum absolute atomic E-state index is 0.00456. The molecule has 0 saturated heterocycles. The quantitative estimate of drug-likeness (QED) is 0.759. The summed E-state index contributed by atoms with van der Waals surface area (Å²) < 4.78 is 16.9. The number of Topliss-reactive ketones (excluding diaryl/α,β-unsaturated/α-hetero) is 1. The van der Waals surface area contributed by atoms with E-state index >= 15 is 4.39 Å². The number of halogens is 1. The molecular formula is C23H31FO4. The van der Waals surface area contributed by atoms with Gasteiger partial charge in [-0.3, -0.25) is 9.59 Å². The van der Waals surface area contributed by atoms with Crippen LogP contribution in [-0.4, -0.2) is 40.2 Å². The van der Waals surface area contributed by atoms with Crippen molar-refractivity contribution in [3.63, 3.8) is 0 Å². The first-order chi connectivity index (χ1) is 13.0. The number of fused-ring (bicyclic) bond motifs is 5. The Morgan fingerprint density at radius 1 is 1.29 bits per heavy atom. The van der Waals surface area contributed by atoms with Gasteiger partial charge in [-0.05, 0) is 62.0 Å². The smallest absolute Gasteiger partial charge is 0.178 e. The van der Waals surface area contributed by atoms with Crippen molar-refractivity contribution in [3.05, 3.63) is 23.8 Å². The van der Waals surface area contributed by atoms with E-state index in [0.717, 1.165) is 5.57 Å². The highest BCUT2D eigenvalue weighted by atomic mass is 19.1. The summed E-state index contributed by atoms with van der Waals surface area (Å²) in [6.45, 7) is 7.18. The number of hydrogen-bond donors (Lipinski definition) is 2. The van der Waals surface area contributed by atoms with Crippen molar-refractivity contribution in [2.24, 2.45) is 34.0 Å². The minimum Gasteiger partial charge on any atom is -0.390 e. The fraction of sp³-hybridized carbons (Fsp3) is 0.739. The van der Waals surface area contributed by atoms with Gasteiger partial charge in [-0.1, -0.05) is 32.4 Å². The number of rotatable bonds is 2. The molecule has 0 amide bonds. The van der Waals surface area contributed by atoms with E-state index in [0.29, 0.717) is 19.3 Å². The topological polar surface area (TPSA) is 74.6 Å². The monoisotopic (exact) mass is 390 g/mol. The maximum absolute atomic E-state index is 16.9. The van der Waals surface area contributed by atoms with Gasteiger partial charge in [0.05, 0.1) is 6.10 Å². The lowest BCUT2D eigenvalue weighted by Gasteiger charge is -2.63. The Morgan fingerprint density at radius 2 is 1.96 bits per heavy atom. The lowest BCUT2D eigenvalue weighted by atomic mass is 9.43. The van der Waals surface area contributed by atoms with Gasteiger partial charge in [0.2, 0.25) is 0 Å². The first-order valence-electron chi connectivity index (χ1n) is 10.4. The van der Waals surface area contributed by atoms with Crippen molar-refractivity contribution < 1.29 is 24.2 Å². The van der Waals surface area contributed by atoms with Crippen LogP contribution in [0.15, 0.2) is 23.8 Å². The molecule has 0 spiro atoms. The zero-order chi connectivity index (χ0) is 20.7. The summed E-state index contributed by atoms with van der Waals surface area (Å²) in [5.41, 5.74) is -3.47. The fourth-order valence-electron chi connectivity index (χ4n) is 7.53. The number of aliphatic hydroxyl groups excluding tert-OH is 2. The van der Waals surface area contributed by atoms with Crippen LogP contribution in [0.5, 0.6) is 0 Å². The summed E-state index contributed by atoms with van der Waals surface area (Å²) in [5, 5.41) is 20.8. The second-order valence-corrected chi connectivity index (χ2v) is 10.2. The number of alkyl halides is 1. The Balaban J connectivity index is 1.84. The SMILES string of the molecule is CC1C[C@H]2[C@@H]3CCC4=CC(=O)C=C[C@]4(C)[C@@]3(F)C(O)C[C@]2(C)[C@@]1(C)C(=O)CO. The summed E-state index contributed by atoms with van der Waals surface area (Å²) in [6, 6.07) is 0. The van der Waals surface area contributed by atoms with Gasteiger partial charge in [-0.15, -0.1) is 0 Å². The predicted octanol–water partition coefficient (Wildman–Crippen LogP) is 3.17. The first-order valence-corrected chi connectivity index (χ1v) is 10.4. The molecule has 4 rings (SSSR count). The highest BCUT2D eigenvalue weighted by Gasteiger charge is 2.74. The zero-order valence-electron chi connectivity index (χ0n) is 17.2. The zero-order valence-corrected chi connectivity index (χ0v) is 17.2. The third-order valence-electron chi connectivity index (χ3n) is 9.53. The van der Waals surface area contributed by atoms with Gasteiger partial charge in [0.25, 0.3) is 0 Å². The fourth-order valence-corrected chi connectivity index (χ4v) is 7.53. The van der Waals surface area contributed by atoms with E-state index in [1.54, 1.807) is 13.0 Å². The standard InChI is InChI=1S/C23H31FO4/c1-13-9-17-16-6-5-14-10-15(26)7-8-20(14,2)23(16,24)18(27)11-21(17,3)22(13,4)19(28)12-25/h7-8,10,13,16-18,25,27H,5-6,9,11-12H2,1-4H3/t13?,16-,17-,18?,20-,21-,22+,23-/m0/s1. The van der Waals surface area contributed by atoms with Crippen LogP contribution < -0.4 is 0 Å². The van der Waals surface area contributed by atoms with Gasteiger partial charge in [0.1, 0.15) is 6.61 Å². The van der Waals surface area contributed by atoms with Crippen molar-refractivity contribution in [1.82, 2.24) is 0 Å². The van der Waals surface area contributed by atoms with Crippen LogP contribution in [0.4, 0.5) is 4.39 Å². The van der Waals surface area contributed by atoms with Crippen LogP contribution >= 0.6 is 0 Å². The van der Waals surface area contributed by atoms with Gasteiger partial charge in [-0.25, -0.2) is 4.39 Å². The lowest BCUT2D eigenvalue weighted by molar-refractivity contribution is -0.205. The Kier molecular flexibility index (Phi) is 4.17. The summed E-state index contributed by atoms with van der Waals surface area (Å²) in [7, 11) is 0. The molecule has 0 radical (unpaired) electrons. The summed E-state index contributed by atoms with van der Waals surface area (Å²) >= 11 is 0. The molecule has 2 N–H and O–H groups in total. The van der Waals surface area contributed by atoms with E-state index in [9.17, 15) is 19.8 Å². The van der Waals surface area contributed by atoms with Crippen LogP contribution in [0.2, 0.25) is 0 Å². The average molecular weight is 390 g/mol. The van der Waals surface area contributed by atoms with E-state index in [-0.39, 0.29) is 29.8 Å². The van der Waals surface area contributed by atoms with Crippen LogP contribution in [0.3, 0.4) is 0 Å². The van der Waals surface area contributed by atoms with Gasteiger partial charge in [0.15, 0.2) is 17.2 Å². The van der Waals surface area contributed by atoms with E-state index in [1.807, 2.05) is 20.8 Å². The molecule has 0 aliphatic heterocycles. The number of allylic oxidation sites excluding steroid dienone is 4. The van der Waals surface area contributed by atoms with Crippen molar-refractivity contribution in [3.8, 4) is 0 Å². The molecule has 0 aromatic rings. The number of carbonyl (C=O) groups excluding carboxylic acids is 2.